The minimum Gasteiger partial charge on any atom is -0.508 e. The van der Waals surface area contributed by atoms with Gasteiger partial charge in [0.05, 0.1) is 17.1 Å². The number of phenolic OH excluding ortho intramolecular Hbond substituents is 1. The number of hydrogen-bond acceptors (Lipinski definition) is 8. The van der Waals surface area contributed by atoms with E-state index in [1.54, 1.807) is 30.5 Å². The molecule has 4 aromatic rings. The van der Waals surface area contributed by atoms with Crippen molar-refractivity contribution in [3.05, 3.63) is 95.2 Å². The molecule has 0 spiro atoms. The van der Waals surface area contributed by atoms with Crippen molar-refractivity contribution >= 4 is 22.8 Å². The molecule has 42 heavy (non-hydrogen) atoms. The van der Waals surface area contributed by atoms with Crippen LogP contribution < -0.4 is 10.6 Å². The maximum atomic E-state index is 13.2. The molecule has 0 radical (unpaired) electrons. The molecule has 3 aromatic carbocycles. The van der Waals surface area contributed by atoms with Crippen molar-refractivity contribution in [2.45, 2.75) is 19.0 Å². The number of fused-ring (bicyclic) bond motifs is 1. The first kappa shape index (κ1) is 30.0. The van der Waals surface area contributed by atoms with E-state index < -0.39 is 17.9 Å². The van der Waals surface area contributed by atoms with E-state index in [1.807, 2.05) is 38.4 Å². The average Bonchev–Trinajstić information content (AvgIpc) is 2.98. The number of aromatic carboxylic acids is 1. The van der Waals surface area contributed by atoms with Crippen molar-refractivity contribution in [3.8, 4) is 23.1 Å². The molecule has 10 nitrogen and oxygen atoms in total. The molecular formula is C32H33N5O5. The highest BCUT2D eigenvalue weighted by Gasteiger charge is 2.20. The number of nitrogens with one attached hydrogen (secondary N) is 2. The summed E-state index contributed by atoms with van der Waals surface area (Å²) in [5, 5.41) is 35.1. The zero-order valence-corrected chi connectivity index (χ0v) is 23.5. The molecular weight excluding hydrogens is 534 g/mol. The second kappa shape index (κ2) is 14.1. The Morgan fingerprint density at radius 1 is 1.02 bits per heavy atom. The van der Waals surface area contributed by atoms with Gasteiger partial charge in [-0.1, -0.05) is 36.4 Å². The Bertz CT molecular complexity index is 1600. The molecule has 0 bridgehead atoms. The highest BCUT2D eigenvalue weighted by Crippen LogP contribution is 2.27. The molecule has 1 aromatic heterocycles. The number of carboxylic acids is 1. The second-order valence-electron chi connectivity index (χ2n) is 10.2. The molecule has 1 amide bonds. The minimum absolute atomic E-state index is 0.0446. The zero-order chi connectivity index (χ0) is 30.1. The number of amides is 1. The number of phenols is 1. The number of nitrogens with zero attached hydrogens (tertiary/aromatic N) is 3. The molecule has 1 unspecified atom stereocenters. The number of likely N-dealkylation sites (N-methyl/N-ethyl adjacent to an activating group) is 1. The third-order valence-corrected chi connectivity index (χ3v) is 6.70. The van der Waals surface area contributed by atoms with Gasteiger partial charge in [-0.25, -0.2) is 9.78 Å². The molecule has 4 rings (SSSR count). The van der Waals surface area contributed by atoms with Crippen LogP contribution in [0.25, 0.3) is 22.0 Å². The van der Waals surface area contributed by atoms with Crippen LogP contribution in [0.5, 0.6) is 5.75 Å². The van der Waals surface area contributed by atoms with E-state index in [-0.39, 0.29) is 23.6 Å². The number of carboxylic acid groups (broad SMARTS) is 1. The number of carbonyl (C=O) groups excluding carboxylic acids is 1. The number of rotatable bonds is 13. The van der Waals surface area contributed by atoms with Crippen LogP contribution in [0.3, 0.4) is 0 Å². The predicted octanol–water partition coefficient (Wildman–Crippen LogP) is 3.80. The average molecular weight is 568 g/mol. The van der Waals surface area contributed by atoms with Crippen LogP contribution in [0.1, 0.15) is 32.0 Å². The smallest absolute Gasteiger partial charge is 0.336 e. The van der Waals surface area contributed by atoms with Crippen LogP contribution in [0.2, 0.25) is 0 Å². The molecule has 1 heterocycles. The number of pyridine rings is 1. The van der Waals surface area contributed by atoms with Crippen LogP contribution in [0, 0.1) is 11.5 Å². The van der Waals surface area contributed by atoms with Crippen LogP contribution in [0.4, 0.5) is 0 Å². The number of nitriles is 1. The van der Waals surface area contributed by atoms with E-state index in [4.69, 9.17) is 10.00 Å². The number of aromatic nitrogens is 1. The molecule has 1 atom stereocenters. The zero-order valence-electron chi connectivity index (χ0n) is 23.5. The standard InChI is InChI=1S/C32H33N5O5/c1-37(2)13-12-34-18-22-4-3-5-23(14-22)24-8-11-29-27(16-24)28(32(40)41)17-30(36-29)31(39)35-25(19-42-20-33)15-21-6-9-26(38)10-7-21/h3-11,14,16-17,25,34,38H,12-13,15,18-19H2,1-2H3,(H,35,39)(H,40,41). The van der Waals surface area contributed by atoms with Crippen molar-refractivity contribution < 1.29 is 24.5 Å². The molecule has 0 aliphatic carbocycles. The topological polar surface area (TPSA) is 148 Å². The highest BCUT2D eigenvalue weighted by molar-refractivity contribution is 6.06. The van der Waals surface area contributed by atoms with E-state index in [9.17, 15) is 19.8 Å². The number of carbonyl (C=O) groups is 2. The van der Waals surface area contributed by atoms with Gasteiger partial charge in [-0.3, -0.25) is 4.79 Å². The van der Waals surface area contributed by atoms with Crippen molar-refractivity contribution in [3.63, 3.8) is 0 Å². The Kier molecular flexibility index (Phi) is 10.1. The normalized spacial score (nSPS) is 11.7. The molecule has 0 aliphatic heterocycles. The van der Waals surface area contributed by atoms with Gasteiger partial charge in [0.25, 0.3) is 12.2 Å². The van der Waals surface area contributed by atoms with Crippen molar-refractivity contribution in [1.82, 2.24) is 20.5 Å². The minimum atomic E-state index is -1.18. The van der Waals surface area contributed by atoms with Gasteiger partial charge in [0, 0.05) is 25.0 Å². The lowest BCUT2D eigenvalue weighted by atomic mass is 9.98. The van der Waals surface area contributed by atoms with E-state index in [1.165, 1.54) is 18.2 Å². The highest BCUT2D eigenvalue weighted by atomic mass is 16.5. The second-order valence-corrected chi connectivity index (χ2v) is 10.2. The summed E-state index contributed by atoms with van der Waals surface area (Å²) in [6, 6.07) is 20.5. The van der Waals surface area contributed by atoms with Crippen LogP contribution in [-0.4, -0.2) is 71.8 Å². The maximum Gasteiger partial charge on any atom is 0.336 e. The van der Waals surface area contributed by atoms with Crippen LogP contribution >= 0.6 is 0 Å². The van der Waals surface area contributed by atoms with Gasteiger partial charge in [0.1, 0.15) is 18.1 Å². The largest absolute Gasteiger partial charge is 0.508 e. The Labute approximate surface area is 244 Å². The lowest BCUT2D eigenvalue weighted by molar-refractivity contribution is 0.0699. The first-order valence-electron chi connectivity index (χ1n) is 13.5. The van der Waals surface area contributed by atoms with E-state index in [0.29, 0.717) is 23.9 Å². The molecule has 0 saturated carbocycles. The SMILES string of the molecule is CN(C)CCNCc1cccc(-c2ccc3nc(C(=O)NC(COC#N)Cc4ccc(O)cc4)cc(C(=O)O)c3c2)c1. The predicted molar refractivity (Wildman–Crippen MR) is 159 cm³/mol. The first-order valence-corrected chi connectivity index (χ1v) is 13.5. The Morgan fingerprint density at radius 3 is 2.50 bits per heavy atom. The summed E-state index contributed by atoms with van der Waals surface area (Å²) in [7, 11) is 4.06. The summed E-state index contributed by atoms with van der Waals surface area (Å²) in [5.74, 6) is -1.66. The third-order valence-electron chi connectivity index (χ3n) is 6.70. The van der Waals surface area contributed by atoms with Gasteiger partial charge in [-0.15, -0.1) is 0 Å². The molecule has 0 aliphatic rings. The van der Waals surface area contributed by atoms with E-state index in [0.717, 1.165) is 35.3 Å². The number of aromatic hydroxyl groups is 1. The summed E-state index contributed by atoms with van der Waals surface area (Å²) in [5.41, 5.74) is 3.95. The molecule has 4 N–H and O–H groups in total. The Morgan fingerprint density at radius 2 is 1.79 bits per heavy atom. The third kappa shape index (κ3) is 8.04. The van der Waals surface area contributed by atoms with Crippen LogP contribution in [-0.2, 0) is 17.7 Å². The fourth-order valence-electron chi connectivity index (χ4n) is 4.56. The van der Waals surface area contributed by atoms with Crippen LogP contribution in [0.15, 0.2) is 72.8 Å². The van der Waals surface area contributed by atoms with Gasteiger partial charge >= 0.3 is 5.97 Å². The quantitative estimate of drug-likeness (QED) is 0.140. The first-order chi connectivity index (χ1) is 20.2. The lowest BCUT2D eigenvalue weighted by Gasteiger charge is -2.18. The Hall–Kier alpha value is -4.98. The number of ether oxygens (including phenoxy) is 1. The monoisotopic (exact) mass is 567 g/mol. The summed E-state index contributed by atoms with van der Waals surface area (Å²) >= 11 is 0. The van der Waals surface area contributed by atoms with E-state index in [2.05, 4.69) is 26.6 Å². The van der Waals surface area contributed by atoms with Gasteiger partial charge < -0.3 is 30.5 Å². The fourth-order valence-corrected chi connectivity index (χ4v) is 4.56. The molecule has 0 saturated heterocycles. The summed E-state index contributed by atoms with van der Waals surface area (Å²) in [4.78, 5) is 32.0. The van der Waals surface area contributed by atoms with Gasteiger partial charge in [0.2, 0.25) is 0 Å². The number of hydrogen-bond donors (Lipinski definition) is 4. The molecule has 10 heteroatoms. The maximum absolute atomic E-state index is 13.2. The van der Waals surface area contributed by atoms with Crippen molar-refractivity contribution in [2.24, 2.45) is 0 Å². The van der Waals surface area contributed by atoms with Gasteiger partial charge in [0.15, 0.2) is 0 Å². The van der Waals surface area contributed by atoms with Gasteiger partial charge in [-0.05, 0) is 79.2 Å². The van der Waals surface area contributed by atoms with E-state index >= 15 is 0 Å². The Balaban J connectivity index is 1.57. The van der Waals surface area contributed by atoms with Gasteiger partial charge in [-0.2, -0.15) is 5.26 Å². The summed E-state index contributed by atoms with van der Waals surface area (Å²) in [6.07, 6.45) is 1.92. The van der Waals surface area contributed by atoms with Crippen molar-refractivity contribution in [2.75, 3.05) is 33.8 Å². The number of benzene rings is 3. The molecule has 0 fully saturated rings. The fraction of sp³-hybridized carbons (Fsp3) is 0.250. The lowest BCUT2D eigenvalue weighted by Crippen LogP contribution is -2.40. The molecule has 216 valence electrons. The summed E-state index contributed by atoms with van der Waals surface area (Å²) in [6.45, 7) is 2.42. The summed E-state index contributed by atoms with van der Waals surface area (Å²) < 4.78 is 4.88. The van der Waals surface area contributed by atoms with Crippen molar-refractivity contribution in [1.29, 1.82) is 5.26 Å².